The van der Waals surface area contributed by atoms with Crippen LogP contribution < -0.4 is 4.74 Å². The van der Waals surface area contributed by atoms with E-state index in [1.165, 1.54) is 0 Å². The van der Waals surface area contributed by atoms with Gasteiger partial charge in [0.25, 0.3) is 0 Å². The van der Waals surface area contributed by atoms with Gasteiger partial charge in [-0.25, -0.2) is 0 Å². The zero-order valence-electron chi connectivity index (χ0n) is 7.61. The monoisotopic (exact) mass is 265 g/mol. The van der Waals surface area contributed by atoms with Gasteiger partial charge in [-0.15, -0.1) is 11.8 Å². The fourth-order valence-electron chi connectivity index (χ4n) is 1.15. The fraction of sp³-hybridized carbons (Fsp3) is 0.250. The first-order valence-electron chi connectivity index (χ1n) is 3.81. The summed E-state index contributed by atoms with van der Waals surface area (Å²) in [4.78, 5) is 2.24. The number of halogens is 1. The minimum Gasteiger partial charge on any atom is -0.497 e. The Hall–Kier alpha value is 0.160. The zero-order valence-corrected chi connectivity index (χ0v) is 10.8. The average molecular weight is 266 g/mol. The number of benzene rings is 1. The van der Waals surface area contributed by atoms with Crippen LogP contribution in [0.5, 0.6) is 5.75 Å². The SMILES string of the molecule is COc1cc(SC)c2c(c1)SS(Cl)=N2. The van der Waals surface area contributed by atoms with Crippen LogP contribution in [-0.2, 0) is 8.94 Å². The number of ether oxygens (including phenoxy) is 1. The van der Waals surface area contributed by atoms with Crippen LogP contribution >= 0.6 is 33.2 Å². The van der Waals surface area contributed by atoms with E-state index in [1.54, 1.807) is 29.7 Å². The predicted octanol–water partition coefficient (Wildman–Crippen LogP) is 4.03. The molecule has 2 rings (SSSR count). The lowest BCUT2D eigenvalue weighted by Crippen LogP contribution is -1.84. The van der Waals surface area contributed by atoms with E-state index < -0.39 is 8.94 Å². The van der Waals surface area contributed by atoms with Crippen LogP contribution in [0.2, 0.25) is 0 Å². The third-order valence-corrected chi connectivity index (χ3v) is 5.44. The van der Waals surface area contributed by atoms with Crippen LogP contribution in [0.3, 0.4) is 0 Å². The molecule has 0 spiro atoms. The van der Waals surface area contributed by atoms with Gasteiger partial charge in [0.15, 0.2) is 0 Å². The standard InChI is InChI=1S/C8H8ClNOS3/c1-11-5-3-6(12-2)8-7(4-5)13-14(9)10-8/h3-4H,1-2H3. The molecule has 14 heavy (non-hydrogen) atoms. The normalized spacial score (nSPS) is 18.9. The lowest BCUT2D eigenvalue weighted by Gasteiger charge is -2.05. The molecule has 0 aromatic heterocycles. The first kappa shape index (κ1) is 10.7. The van der Waals surface area contributed by atoms with Crippen molar-refractivity contribution in [2.75, 3.05) is 13.4 Å². The molecule has 1 unspecified atom stereocenters. The zero-order chi connectivity index (χ0) is 10.1. The largest absolute Gasteiger partial charge is 0.497 e. The molecule has 0 fully saturated rings. The molecule has 0 N–H and O–H groups in total. The molecule has 1 atom stereocenters. The maximum Gasteiger partial charge on any atom is 0.121 e. The van der Waals surface area contributed by atoms with Crippen molar-refractivity contribution in [2.24, 2.45) is 4.36 Å². The van der Waals surface area contributed by atoms with Gasteiger partial charge in [-0.2, -0.15) is 4.36 Å². The van der Waals surface area contributed by atoms with Crippen molar-refractivity contribution >= 4 is 47.9 Å². The van der Waals surface area contributed by atoms with E-state index in [4.69, 9.17) is 15.4 Å². The van der Waals surface area contributed by atoms with Crippen molar-refractivity contribution in [1.82, 2.24) is 0 Å². The molecule has 1 aromatic rings. The summed E-state index contributed by atoms with van der Waals surface area (Å²) in [5.41, 5.74) is 1.02. The summed E-state index contributed by atoms with van der Waals surface area (Å²) in [5, 5.41) is 0. The molecule has 2 nitrogen and oxygen atoms in total. The first-order valence-corrected chi connectivity index (χ1v) is 8.38. The number of methoxy groups -OCH3 is 1. The molecule has 0 bridgehead atoms. The van der Waals surface area contributed by atoms with Crippen molar-refractivity contribution in [3.05, 3.63) is 12.1 Å². The Kier molecular flexibility index (Phi) is 3.31. The van der Waals surface area contributed by atoms with E-state index >= 15 is 0 Å². The Morgan fingerprint density at radius 2 is 2.36 bits per heavy atom. The number of rotatable bonds is 2. The maximum atomic E-state index is 5.98. The number of hydrogen-bond acceptors (Lipinski definition) is 4. The second kappa shape index (κ2) is 4.35. The van der Waals surface area contributed by atoms with E-state index in [9.17, 15) is 0 Å². The molecule has 0 saturated heterocycles. The van der Waals surface area contributed by atoms with Crippen LogP contribution in [0.15, 0.2) is 26.3 Å². The predicted molar refractivity (Wildman–Crippen MR) is 65.9 cm³/mol. The summed E-state index contributed by atoms with van der Waals surface area (Å²) in [6.07, 6.45) is 2.03. The molecule has 0 radical (unpaired) electrons. The number of fused-ring (bicyclic) bond motifs is 1. The Morgan fingerprint density at radius 1 is 1.57 bits per heavy atom. The van der Waals surface area contributed by atoms with Crippen molar-refractivity contribution < 1.29 is 4.74 Å². The van der Waals surface area contributed by atoms with Crippen molar-refractivity contribution in [1.29, 1.82) is 0 Å². The first-order chi connectivity index (χ1) is 6.74. The minimum absolute atomic E-state index is 0.446. The lowest BCUT2D eigenvalue weighted by atomic mass is 10.3. The summed E-state index contributed by atoms with van der Waals surface area (Å²) in [6.45, 7) is 0. The molecule has 6 heteroatoms. The van der Waals surface area contributed by atoms with Gasteiger partial charge in [0, 0.05) is 4.90 Å². The van der Waals surface area contributed by atoms with Gasteiger partial charge in [0.05, 0.1) is 20.9 Å². The summed E-state index contributed by atoms with van der Waals surface area (Å²) in [5.74, 6) is 0.867. The second-order valence-corrected chi connectivity index (χ2v) is 7.48. The molecule has 0 amide bonds. The summed E-state index contributed by atoms with van der Waals surface area (Å²) in [7, 11) is 8.78. The van der Waals surface area contributed by atoms with Crippen molar-refractivity contribution in [2.45, 2.75) is 9.79 Å². The Labute approximate surface area is 97.7 Å². The Morgan fingerprint density at radius 3 is 3.00 bits per heavy atom. The van der Waals surface area contributed by atoms with Gasteiger partial charge in [-0.1, -0.05) is 0 Å². The van der Waals surface area contributed by atoms with E-state index in [2.05, 4.69) is 4.36 Å². The minimum atomic E-state index is -0.446. The third-order valence-electron chi connectivity index (χ3n) is 1.79. The Bertz CT molecular complexity index is 408. The van der Waals surface area contributed by atoms with Gasteiger partial charge < -0.3 is 4.74 Å². The smallest absolute Gasteiger partial charge is 0.121 e. The van der Waals surface area contributed by atoms with Crippen LogP contribution in [-0.4, -0.2) is 13.4 Å². The fourth-order valence-corrected chi connectivity index (χ4v) is 4.82. The highest BCUT2D eigenvalue weighted by Crippen LogP contribution is 2.48. The molecule has 0 saturated carbocycles. The quantitative estimate of drug-likeness (QED) is 0.595. The van der Waals surface area contributed by atoms with E-state index in [-0.39, 0.29) is 0 Å². The summed E-state index contributed by atoms with van der Waals surface area (Å²) in [6, 6.07) is 3.98. The summed E-state index contributed by atoms with van der Waals surface area (Å²) < 4.78 is 9.59. The highest BCUT2D eigenvalue weighted by molar-refractivity contribution is 8.78. The highest BCUT2D eigenvalue weighted by Gasteiger charge is 2.18. The van der Waals surface area contributed by atoms with E-state index in [0.717, 1.165) is 21.2 Å². The third kappa shape index (κ3) is 1.91. The van der Waals surface area contributed by atoms with Gasteiger partial charge in [0.1, 0.15) is 11.4 Å². The number of thioether (sulfide) groups is 1. The van der Waals surface area contributed by atoms with Gasteiger partial charge in [-0.3, -0.25) is 0 Å². The summed E-state index contributed by atoms with van der Waals surface area (Å²) >= 11 is 1.66. The number of hydrogen-bond donors (Lipinski definition) is 0. The lowest BCUT2D eigenvalue weighted by molar-refractivity contribution is 0.412. The molecule has 1 heterocycles. The molecule has 1 aliphatic rings. The van der Waals surface area contributed by atoms with Gasteiger partial charge in [0.2, 0.25) is 0 Å². The van der Waals surface area contributed by atoms with Crippen molar-refractivity contribution in [3.8, 4) is 5.75 Å². The molecule has 76 valence electrons. The van der Waals surface area contributed by atoms with Gasteiger partial charge in [-0.05, 0) is 39.9 Å². The van der Waals surface area contributed by atoms with Crippen molar-refractivity contribution in [3.63, 3.8) is 0 Å². The molecular formula is C8H8ClNOS3. The van der Waals surface area contributed by atoms with Crippen LogP contribution in [0.4, 0.5) is 5.69 Å². The van der Waals surface area contributed by atoms with E-state index in [0.29, 0.717) is 0 Å². The maximum absolute atomic E-state index is 5.98. The average Bonchev–Trinajstić information content (AvgIpc) is 2.56. The van der Waals surface area contributed by atoms with Gasteiger partial charge >= 0.3 is 0 Å². The molecule has 1 aliphatic heterocycles. The Balaban J connectivity index is 2.53. The van der Waals surface area contributed by atoms with Crippen LogP contribution in [0, 0.1) is 0 Å². The highest BCUT2D eigenvalue weighted by atomic mass is 35.7. The molecule has 1 aromatic carbocycles. The molecule has 0 aliphatic carbocycles. The van der Waals surface area contributed by atoms with Crippen LogP contribution in [0.1, 0.15) is 0 Å². The number of nitrogens with zero attached hydrogens (tertiary/aromatic N) is 1. The van der Waals surface area contributed by atoms with Crippen LogP contribution in [0.25, 0.3) is 0 Å². The molecular weight excluding hydrogens is 258 g/mol. The second-order valence-electron chi connectivity index (χ2n) is 2.56. The topological polar surface area (TPSA) is 21.6 Å². The van der Waals surface area contributed by atoms with E-state index in [1.807, 2.05) is 18.4 Å².